The van der Waals surface area contributed by atoms with Gasteiger partial charge in [0.25, 0.3) is 0 Å². The number of aryl methyl sites for hydroxylation is 1. The van der Waals surface area contributed by atoms with E-state index in [1.54, 1.807) is 0 Å². The second kappa shape index (κ2) is 2.95. The second-order valence-electron chi connectivity index (χ2n) is 3.48. The fourth-order valence-corrected chi connectivity index (χ4v) is 1.87. The van der Waals surface area contributed by atoms with Gasteiger partial charge in [-0.15, -0.1) is 0 Å². The van der Waals surface area contributed by atoms with E-state index in [0.29, 0.717) is 0 Å². The van der Waals surface area contributed by atoms with Gasteiger partial charge in [0.05, 0.1) is 17.4 Å². The van der Waals surface area contributed by atoms with Crippen LogP contribution in [0.3, 0.4) is 0 Å². The lowest BCUT2D eigenvalue weighted by Crippen LogP contribution is -1.92. The number of rotatable bonds is 1. The van der Waals surface area contributed by atoms with E-state index < -0.39 is 0 Å². The molecule has 2 aromatic heterocycles. The molecule has 0 aliphatic rings. The highest BCUT2D eigenvalue weighted by Gasteiger charge is 2.10. The number of nitrogens with zero attached hydrogens (tertiary/aromatic N) is 3. The molecule has 1 aromatic carbocycles. The van der Waals surface area contributed by atoms with Gasteiger partial charge in [-0.25, -0.2) is 0 Å². The highest BCUT2D eigenvalue weighted by molar-refractivity contribution is 5.92. The van der Waals surface area contributed by atoms with Gasteiger partial charge in [-0.2, -0.15) is 10.2 Å². The first-order chi connectivity index (χ1) is 7.36. The first-order valence-electron chi connectivity index (χ1n) is 4.77. The van der Waals surface area contributed by atoms with Gasteiger partial charge in [0.1, 0.15) is 0 Å². The SMILES string of the molecule is Cn1nc2ccccc2c1-c1cn[nH]c1. The first kappa shape index (κ1) is 8.23. The molecule has 0 unspecified atom stereocenters. The summed E-state index contributed by atoms with van der Waals surface area (Å²) < 4.78 is 1.88. The predicted octanol–water partition coefficient (Wildman–Crippen LogP) is 1.96. The van der Waals surface area contributed by atoms with Crippen LogP contribution in [0.25, 0.3) is 22.2 Å². The van der Waals surface area contributed by atoms with Crippen molar-refractivity contribution in [3.8, 4) is 11.3 Å². The Balaban J connectivity index is 2.39. The van der Waals surface area contributed by atoms with E-state index in [-0.39, 0.29) is 0 Å². The molecule has 0 fully saturated rings. The molecule has 0 spiro atoms. The van der Waals surface area contributed by atoms with Crippen LogP contribution in [-0.4, -0.2) is 20.0 Å². The van der Waals surface area contributed by atoms with Gasteiger partial charge in [-0.1, -0.05) is 18.2 Å². The highest BCUT2D eigenvalue weighted by Crippen LogP contribution is 2.26. The van der Waals surface area contributed by atoms with Gasteiger partial charge in [0.2, 0.25) is 0 Å². The van der Waals surface area contributed by atoms with E-state index in [1.165, 1.54) is 0 Å². The standard InChI is InChI=1S/C11H10N4/c1-15-11(8-6-12-13-7-8)9-4-2-3-5-10(9)14-15/h2-7H,1H3,(H,12,13). The minimum absolute atomic E-state index is 1.01. The molecule has 74 valence electrons. The number of hydrogen-bond acceptors (Lipinski definition) is 2. The predicted molar refractivity (Wildman–Crippen MR) is 58.3 cm³/mol. The molecular formula is C11H10N4. The summed E-state index contributed by atoms with van der Waals surface area (Å²) in [7, 11) is 1.95. The van der Waals surface area contributed by atoms with Crippen LogP contribution in [0.4, 0.5) is 0 Å². The average Bonchev–Trinajstić information content (AvgIpc) is 2.82. The van der Waals surface area contributed by atoms with E-state index >= 15 is 0 Å². The van der Waals surface area contributed by atoms with Crippen LogP contribution in [0.5, 0.6) is 0 Å². The summed E-state index contributed by atoms with van der Waals surface area (Å²) in [6.07, 6.45) is 3.69. The summed E-state index contributed by atoms with van der Waals surface area (Å²) in [6.45, 7) is 0. The van der Waals surface area contributed by atoms with Crippen LogP contribution < -0.4 is 0 Å². The molecule has 1 N–H and O–H groups in total. The summed E-state index contributed by atoms with van der Waals surface area (Å²) >= 11 is 0. The van der Waals surface area contributed by atoms with Crippen LogP contribution in [0.1, 0.15) is 0 Å². The smallest absolute Gasteiger partial charge is 0.0929 e. The van der Waals surface area contributed by atoms with Crippen molar-refractivity contribution in [2.75, 3.05) is 0 Å². The van der Waals surface area contributed by atoms with Crippen LogP contribution in [0.15, 0.2) is 36.7 Å². The number of aromatic amines is 1. The molecule has 3 rings (SSSR count). The minimum atomic E-state index is 1.01. The zero-order chi connectivity index (χ0) is 10.3. The van der Waals surface area contributed by atoms with Crippen molar-refractivity contribution in [3.63, 3.8) is 0 Å². The Morgan fingerprint density at radius 2 is 2.13 bits per heavy atom. The molecule has 0 aliphatic heterocycles. The van der Waals surface area contributed by atoms with E-state index in [9.17, 15) is 0 Å². The Morgan fingerprint density at radius 1 is 1.27 bits per heavy atom. The van der Waals surface area contributed by atoms with Gasteiger partial charge in [-0.05, 0) is 6.07 Å². The average molecular weight is 198 g/mol. The molecular weight excluding hydrogens is 188 g/mol. The summed E-state index contributed by atoms with van der Waals surface area (Å²) in [4.78, 5) is 0. The normalized spacial score (nSPS) is 11.0. The van der Waals surface area contributed by atoms with E-state index in [1.807, 2.05) is 42.3 Å². The van der Waals surface area contributed by atoms with Crippen molar-refractivity contribution in [2.45, 2.75) is 0 Å². The minimum Gasteiger partial charge on any atom is -0.285 e. The Kier molecular flexibility index (Phi) is 1.62. The lowest BCUT2D eigenvalue weighted by atomic mass is 10.1. The molecule has 0 bridgehead atoms. The number of benzene rings is 1. The van der Waals surface area contributed by atoms with Crippen molar-refractivity contribution in [3.05, 3.63) is 36.7 Å². The number of aromatic nitrogens is 4. The van der Waals surface area contributed by atoms with Crippen molar-refractivity contribution in [1.82, 2.24) is 20.0 Å². The van der Waals surface area contributed by atoms with Crippen molar-refractivity contribution >= 4 is 10.9 Å². The van der Waals surface area contributed by atoms with Crippen LogP contribution in [-0.2, 0) is 7.05 Å². The second-order valence-corrected chi connectivity index (χ2v) is 3.48. The highest BCUT2D eigenvalue weighted by atomic mass is 15.3. The van der Waals surface area contributed by atoms with Gasteiger partial charge < -0.3 is 0 Å². The molecule has 0 saturated heterocycles. The third-order valence-electron chi connectivity index (χ3n) is 2.51. The topological polar surface area (TPSA) is 46.5 Å². The van der Waals surface area contributed by atoms with Crippen LogP contribution >= 0.6 is 0 Å². The quantitative estimate of drug-likeness (QED) is 0.649. The zero-order valence-electron chi connectivity index (χ0n) is 8.31. The molecule has 4 heteroatoms. The molecule has 2 heterocycles. The van der Waals surface area contributed by atoms with Gasteiger partial charge in [0.15, 0.2) is 0 Å². The molecule has 3 aromatic rings. The number of hydrogen-bond donors (Lipinski definition) is 1. The lowest BCUT2D eigenvalue weighted by molar-refractivity contribution is 0.788. The maximum atomic E-state index is 4.44. The van der Waals surface area contributed by atoms with Crippen molar-refractivity contribution in [1.29, 1.82) is 0 Å². The molecule has 15 heavy (non-hydrogen) atoms. The molecule has 0 amide bonds. The monoisotopic (exact) mass is 198 g/mol. The summed E-state index contributed by atoms with van der Waals surface area (Å²) in [5, 5.41) is 12.4. The molecule has 0 atom stereocenters. The largest absolute Gasteiger partial charge is 0.285 e. The lowest BCUT2D eigenvalue weighted by Gasteiger charge is -1.97. The van der Waals surface area contributed by atoms with Gasteiger partial charge in [-0.3, -0.25) is 9.78 Å². The Bertz CT molecular complexity index is 592. The number of nitrogens with one attached hydrogen (secondary N) is 1. The van der Waals surface area contributed by atoms with Crippen LogP contribution in [0.2, 0.25) is 0 Å². The summed E-state index contributed by atoms with van der Waals surface area (Å²) in [6, 6.07) is 8.10. The van der Waals surface area contributed by atoms with Crippen molar-refractivity contribution < 1.29 is 0 Å². The van der Waals surface area contributed by atoms with Crippen molar-refractivity contribution in [2.24, 2.45) is 7.05 Å². The van der Waals surface area contributed by atoms with E-state index in [2.05, 4.69) is 21.4 Å². The summed E-state index contributed by atoms with van der Waals surface area (Å²) in [5.74, 6) is 0. The van der Waals surface area contributed by atoms with E-state index in [4.69, 9.17) is 0 Å². The number of H-pyrrole nitrogens is 1. The third-order valence-corrected chi connectivity index (χ3v) is 2.51. The molecule has 4 nitrogen and oxygen atoms in total. The van der Waals surface area contributed by atoms with Gasteiger partial charge in [0, 0.05) is 24.2 Å². The zero-order valence-corrected chi connectivity index (χ0v) is 8.31. The fraction of sp³-hybridized carbons (Fsp3) is 0.0909. The van der Waals surface area contributed by atoms with Gasteiger partial charge >= 0.3 is 0 Å². The maximum Gasteiger partial charge on any atom is 0.0929 e. The fourth-order valence-electron chi connectivity index (χ4n) is 1.87. The molecule has 0 aliphatic carbocycles. The number of fused-ring (bicyclic) bond motifs is 1. The van der Waals surface area contributed by atoms with Crippen LogP contribution in [0, 0.1) is 0 Å². The molecule has 0 radical (unpaired) electrons. The Labute approximate surface area is 86.5 Å². The maximum absolute atomic E-state index is 4.44. The third kappa shape index (κ3) is 1.15. The summed E-state index contributed by atoms with van der Waals surface area (Å²) in [5.41, 5.74) is 3.17. The molecule has 0 saturated carbocycles. The Morgan fingerprint density at radius 3 is 2.93 bits per heavy atom. The van der Waals surface area contributed by atoms with E-state index in [0.717, 1.165) is 22.2 Å². The first-order valence-corrected chi connectivity index (χ1v) is 4.77. The Hall–Kier alpha value is -2.10.